The van der Waals surface area contributed by atoms with E-state index in [1.807, 2.05) is 0 Å². The van der Waals surface area contributed by atoms with E-state index in [4.69, 9.17) is 34.8 Å². The molecule has 0 N–H and O–H groups in total. The zero-order valence-electron chi connectivity index (χ0n) is 21.4. The smallest absolute Gasteiger partial charge is 0.334 e. The second kappa shape index (κ2) is 13.4. The Morgan fingerprint density at radius 3 is 1.93 bits per heavy atom. The average Bonchev–Trinajstić information content (AvgIpc) is 2.85. The highest BCUT2D eigenvalue weighted by atomic mass is 35.5. The standard InChI is InChI=1S/C26H20Cl3F10NO2/c1-3-40(11-24(31,32)33)23(42)12(2)6-21(41)15-5-4-13(7-17(15)26(37,38)39)20(30)10-16(25(34,35)36)14-8-18(27)22(29)19(28)9-14/h4-5,7-10,12,16H,3,6,11H2,1-2H3/b20-10-/t12-,16?/m0/s1. The molecule has 42 heavy (non-hydrogen) atoms. The van der Waals surface area contributed by atoms with Gasteiger partial charge >= 0.3 is 18.5 Å². The van der Waals surface area contributed by atoms with E-state index in [9.17, 15) is 49.1 Å². The molecule has 2 rings (SSSR count). The van der Waals surface area contributed by atoms with E-state index in [1.54, 1.807) is 0 Å². The molecule has 232 valence electrons. The summed E-state index contributed by atoms with van der Waals surface area (Å²) in [5.41, 5.74) is -4.41. The summed E-state index contributed by atoms with van der Waals surface area (Å²) in [4.78, 5) is 25.5. The summed E-state index contributed by atoms with van der Waals surface area (Å²) in [6.07, 6.45) is -16.2. The van der Waals surface area contributed by atoms with E-state index in [-0.39, 0.29) is 17.2 Å². The van der Waals surface area contributed by atoms with Crippen LogP contribution in [0.3, 0.4) is 0 Å². The van der Waals surface area contributed by atoms with Gasteiger partial charge in [0.25, 0.3) is 0 Å². The van der Waals surface area contributed by atoms with Crippen LogP contribution in [0.2, 0.25) is 15.1 Å². The first-order chi connectivity index (χ1) is 19.1. The lowest BCUT2D eigenvalue weighted by atomic mass is 9.92. The maximum atomic E-state index is 15.0. The molecule has 2 aromatic rings. The Morgan fingerprint density at radius 1 is 0.929 bits per heavy atom. The molecule has 0 bridgehead atoms. The fraction of sp³-hybridized carbons (Fsp3) is 0.385. The Kier molecular flexibility index (Phi) is 11.4. The number of alkyl halides is 9. The molecule has 16 heteroatoms. The minimum Gasteiger partial charge on any atom is -0.334 e. The maximum Gasteiger partial charge on any atom is 0.417 e. The summed E-state index contributed by atoms with van der Waals surface area (Å²) in [6.45, 7) is 0.261. The quantitative estimate of drug-likeness (QED) is 0.151. The molecule has 2 atom stereocenters. The van der Waals surface area contributed by atoms with Crippen molar-refractivity contribution in [3.05, 3.63) is 73.7 Å². The predicted octanol–water partition coefficient (Wildman–Crippen LogP) is 9.94. The van der Waals surface area contributed by atoms with E-state index < -0.39 is 99.7 Å². The molecule has 0 fully saturated rings. The Bertz CT molecular complexity index is 1330. The molecule has 0 aliphatic rings. The fourth-order valence-corrected chi connectivity index (χ4v) is 4.51. The first-order valence-corrected chi connectivity index (χ1v) is 12.9. The van der Waals surface area contributed by atoms with Gasteiger partial charge in [-0.3, -0.25) is 9.59 Å². The van der Waals surface area contributed by atoms with Gasteiger partial charge in [-0.15, -0.1) is 0 Å². The molecule has 1 amide bonds. The molecule has 1 unspecified atom stereocenters. The van der Waals surface area contributed by atoms with Gasteiger partial charge in [0.15, 0.2) is 5.78 Å². The van der Waals surface area contributed by atoms with Crippen LogP contribution in [0.25, 0.3) is 5.83 Å². The highest BCUT2D eigenvalue weighted by Crippen LogP contribution is 2.43. The van der Waals surface area contributed by atoms with Crippen molar-refractivity contribution in [1.29, 1.82) is 0 Å². The predicted molar refractivity (Wildman–Crippen MR) is 137 cm³/mol. The number of carbonyl (C=O) groups excluding carboxylic acids is 2. The average molecular weight is 675 g/mol. The lowest BCUT2D eigenvalue weighted by Crippen LogP contribution is -2.41. The second-order valence-electron chi connectivity index (χ2n) is 9.09. The Labute approximate surface area is 248 Å². The molecule has 0 spiro atoms. The topological polar surface area (TPSA) is 37.4 Å². The number of rotatable bonds is 9. The van der Waals surface area contributed by atoms with E-state index >= 15 is 4.39 Å². The third-order valence-corrected chi connectivity index (χ3v) is 7.11. The zero-order chi connectivity index (χ0) is 32.4. The highest BCUT2D eigenvalue weighted by molar-refractivity contribution is 6.48. The Balaban J connectivity index is 2.48. The first-order valence-electron chi connectivity index (χ1n) is 11.8. The molecule has 0 aliphatic carbocycles. The van der Waals surface area contributed by atoms with Crippen LogP contribution in [-0.4, -0.2) is 42.0 Å². The lowest BCUT2D eigenvalue weighted by Gasteiger charge is -2.25. The molecule has 0 aliphatic heterocycles. The fourth-order valence-electron chi connectivity index (χ4n) is 3.90. The number of amides is 1. The van der Waals surface area contributed by atoms with Crippen LogP contribution in [0.15, 0.2) is 36.4 Å². The van der Waals surface area contributed by atoms with E-state index in [2.05, 4.69) is 0 Å². The highest BCUT2D eigenvalue weighted by Gasteiger charge is 2.41. The summed E-state index contributed by atoms with van der Waals surface area (Å²) in [5.74, 6) is -8.35. The number of benzene rings is 2. The van der Waals surface area contributed by atoms with Crippen molar-refractivity contribution in [2.75, 3.05) is 13.1 Å². The SMILES string of the molecule is CCN(CC(F)(F)F)C(=O)[C@@H](C)CC(=O)c1ccc(/C(F)=C/C(c2cc(Cl)c(Cl)c(Cl)c2)C(F)(F)F)cc1C(F)(F)F. The van der Waals surface area contributed by atoms with Crippen LogP contribution in [0.1, 0.15) is 53.2 Å². The van der Waals surface area contributed by atoms with Crippen molar-refractivity contribution in [1.82, 2.24) is 4.90 Å². The minimum atomic E-state index is -5.30. The minimum absolute atomic E-state index is 0.00634. The maximum absolute atomic E-state index is 15.0. The number of ketones is 1. The van der Waals surface area contributed by atoms with E-state index in [0.717, 1.165) is 19.1 Å². The first kappa shape index (κ1) is 35.7. The van der Waals surface area contributed by atoms with Crippen molar-refractivity contribution in [3.63, 3.8) is 0 Å². The molecule has 2 aromatic carbocycles. The normalized spacial score (nSPS) is 14.5. The number of Topliss-reactive ketones (excluding diaryl/α,β-unsaturated/α-hetero) is 1. The monoisotopic (exact) mass is 673 g/mol. The van der Waals surface area contributed by atoms with E-state index in [0.29, 0.717) is 17.0 Å². The van der Waals surface area contributed by atoms with Gasteiger partial charge < -0.3 is 4.90 Å². The zero-order valence-corrected chi connectivity index (χ0v) is 23.7. The van der Waals surface area contributed by atoms with Crippen LogP contribution < -0.4 is 0 Å². The van der Waals surface area contributed by atoms with Gasteiger partial charge in [-0.1, -0.05) is 53.9 Å². The van der Waals surface area contributed by atoms with Crippen molar-refractivity contribution in [2.45, 2.75) is 44.7 Å². The molecule has 3 nitrogen and oxygen atoms in total. The third-order valence-electron chi connectivity index (χ3n) is 5.91. The van der Waals surface area contributed by atoms with Crippen LogP contribution in [-0.2, 0) is 11.0 Å². The Hall–Kier alpha value is -2.51. The number of carbonyl (C=O) groups is 2. The molecule has 0 saturated carbocycles. The molecular formula is C26H20Cl3F10NO2. The summed E-state index contributed by atoms with van der Waals surface area (Å²) < 4.78 is 136. The van der Waals surface area contributed by atoms with Gasteiger partial charge in [0.1, 0.15) is 18.3 Å². The van der Waals surface area contributed by atoms with Crippen molar-refractivity contribution in [3.8, 4) is 0 Å². The van der Waals surface area contributed by atoms with Crippen LogP contribution in [0.5, 0.6) is 0 Å². The molecule has 0 aromatic heterocycles. The molecular weight excluding hydrogens is 655 g/mol. The summed E-state index contributed by atoms with van der Waals surface area (Å²) in [5, 5.41) is -1.06. The number of nitrogens with zero attached hydrogens (tertiary/aromatic N) is 1. The van der Waals surface area contributed by atoms with Crippen molar-refractivity contribution >= 4 is 52.3 Å². The number of halogens is 13. The van der Waals surface area contributed by atoms with Crippen LogP contribution >= 0.6 is 34.8 Å². The largest absolute Gasteiger partial charge is 0.417 e. The molecule has 0 radical (unpaired) electrons. The summed E-state index contributed by atoms with van der Waals surface area (Å²) in [7, 11) is 0. The van der Waals surface area contributed by atoms with E-state index in [1.165, 1.54) is 6.92 Å². The van der Waals surface area contributed by atoms with Crippen molar-refractivity contribution < 1.29 is 53.5 Å². The van der Waals surface area contributed by atoms with Gasteiger partial charge in [-0.2, -0.15) is 39.5 Å². The summed E-state index contributed by atoms with van der Waals surface area (Å²) in [6, 6.07) is 2.77. The summed E-state index contributed by atoms with van der Waals surface area (Å²) >= 11 is 17.3. The van der Waals surface area contributed by atoms with Gasteiger partial charge in [-0.05, 0) is 36.8 Å². The number of hydrogen-bond acceptors (Lipinski definition) is 2. The molecule has 0 saturated heterocycles. The van der Waals surface area contributed by atoms with Gasteiger partial charge in [0.2, 0.25) is 5.91 Å². The van der Waals surface area contributed by atoms with Crippen LogP contribution in [0, 0.1) is 5.92 Å². The van der Waals surface area contributed by atoms with Crippen molar-refractivity contribution in [2.24, 2.45) is 5.92 Å². The Morgan fingerprint density at radius 2 is 1.48 bits per heavy atom. The second-order valence-corrected chi connectivity index (χ2v) is 10.3. The molecule has 0 heterocycles. The lowest BCUT2D eigenvalue weighted by molar-refractivity contribution is -0.163. The number of hydrogen-bond donors (Lipinski definition) is 0. The van der Waals surface area contributed by atoms with Gasteiger partial charge in [0.05, 0.1) is 20.6 Å². The third kappa shape index (κ3) is 9.24. The van der Waals surface area contributed by atoms with Gasteiger partial charge in [0, 0.05) is 30.0 Å². The van der Waals surface area contributed by atoms with Crippen LogP contribution in [0.4, 0.5) is 43.9 Å². The number of allylic oxidation sites excluding steroid dienone is 1. The van der Waals surface area contributed by atoms with Gasteiger partial charge in [-0.25, -0.2) is 4.39 Å².